The largest absolute Gasteiger partial charge is 0.455 e. The Bertz CT molecular complexity index is 609. The molecule has 3 unspecified atom stereocenters. The third kappa shape index (κ3) is 1.91. The van der Waals surface area contributed by atoms with Crippen molar-refractivity contribution in [3.8, 4) is 0 Å². The van der Waals surface area contributed by atoms with Crippen molar-refractivity contribution >= 4 is 0 Å². The lowest BCUT2D eigenvalue weighted by molar-refractivity contribution is -0.0334. The zero-order valence-electron chi connectivity index (χ0n) is 13.0. The molecule has 1 N–H and O–H groups in total. The Labute approximate surface area is 125 Å². The van der Waals surface area contributed by atoms with Crippen LogP contribution in [0.4, 0.5) is 0 Å². The predicted molar refractivity (Wildman–Crippen MR) is 81.1 cm³/mol. The number of allylic oxidation sites excluding steroid dienone is 1. The van der Waals surface area contributed by atoms with E-state index in [0.717, 1.165) is 16.7 Å². The van der Waals surface area contributed by atoms with Gasteiger partial charge in [0.2, 0.25) is 0 Å². The van der Waals surface area contributed by atoms with Gasteiger partial charge in [-0.2, -0.15) is 0 Å². The number of benzene rings is 1. The van der Waals surface area contributed by atoms with Crippen molar-refractivity contribution in [1.82, 2.24) is 0 Å². The molecule has 0 amide bonds. The molecule has 0 spiro atoms. The minimum Gasteiger partial charge on any atom is -0.455 e. The molecule has 2 aliphatic rings. The summed E-state index contributed by atoms with van der Waals surface area (Å²) < 4.78 is 11.0. The van der Waals surface area contributed by atoms with E-state index in [1.165, 1.54) is 5.57 Å². The van der Waals surface area contributed by atoms with Gasteiger partial charge in [-0.25, -0.2) is 0 Å². The summed E-state index contributed by atoms with van der Waals surface area (Å²) in [6.07, 6.45) is 2.61. The number of rotatable bonds is 2. The first kappa shape index (κ1) is 14.2. The summed E-state index contributed by atoms with van der Waals surface area (Å²) in [6.45, 7) is 8.42. The van der Waals surface area contributed by atoms with Gasteiger partial charge in [0.15, 0.2) is 0 Å². The zero-order valence-corrected chi connectivity index (χ0v) is 13.0. The van der Waals surface area contributed by atoms with E-state index in [0.29, 0.717) is 5.92 Å². The molecule has 0 aromatic heterocycles. The summed E-state index contributed by atoms with van der Waals surface area (Å²) in [5, 5.41) is 11.5. The van der Waals surface area contributed by atoms with Crippen LogP contribution in [-0.4, -0.2) is 5.11 Å². The van der Waals surface area contributed by atoms with E-state index in [2.05, 4.69) is 20.8 Å². The van der Waals surface area contributed by atoms with Gasteiger partial charge in [-0.05, 0) is 36.8 Å². The Hall–Kier alpha value is -1.74. The first-order chi connectivity index (χ1) is 9.98. The lowest BCUT2D eigenvalue weighted by Gasteiger charge is -2.34. The van der Waals surface area contributed by atoms with E-state index in [1.54, 1.807) is 12.5 Å². The Kier molecular flexibility index (Phi) is 3.33. The minimum absolute atomic E-state index is 0.119. The molecular formula is C18H22O3. The van der Waals surface area contributed by atoms with Crippen LogP contribution in [0.15, 0.2) is 47.9 Å². The summed E-state index contributed by atoms with van der Waals surface area (Å²) in [6, 6.07) is 7.84. The van der Waals surface area contributed by atoms with Crippen molar-refractivity contribution in [2.75, 3.05) is 0 Å². The van der Waals surface area contributed by atoms with E-state index in [1.807, 2.05) is 31.2 Å². The Morgan fingerprint density at radius 1 is 1.05 bits per heavy atom. The highest BCUT2D eigenvalue weighted by atomic mass is 16.7. The van der Waals surface area contributed by atoms with Crippen LogP contribution in [0.2, 0.25) is 0 Å². The van der Waals surface area contributed by atoms with Gasteiger partial charge in [0.25, 0.3) is 6.29 Å². The van der Waals surface area contributed by atoms with E-state index >= 15 is 0 Å². The second-order valence-corrected chi connectivity index (χ2v) is 6.12. The third-order valence-electron chi connectivity index (χ3n) is 5.34. The number of hydrogen-bond acceptors (Lipinski definition) is 3. The average Bonchev–Trinajstić information content (AvgIpc) is 3.09. The van der Waals surface area contributed by atoms with Gasteiger partial charge < -0.3 is 14.6 Å². The summed E-state index contributed by atoms with van der Waals surface area (Å²) in [5.74, 6) is 0.472. The molecule has 1 aromatic carbocycles. The average molecular weight is 286 g/mol. The lowest BCUT2D eigenvalue weighted by atomic mass is 9.77. The number of aliphatic hydroxyl groups is 1. The maximum atomic E-state index is 11.5. The van der Waals surface area contributed by atoms with Gasteiger partial charge >= 0.3 is 0 Å². The van der Waals surface area contributed by atoms with Gasteiger partial charge in [0.1, 0.15) is 18.1 Å². The first-order valence-electron chi connectivity index (χ1n) is 7.43. The van der Waals surface area contributed by atoms with Crippen molar-refractivity contribution in [3.05, 3.63) is 59.1 Å². The summed E-state index contributed by atoms with van der Waals surface area (Å²) in [7, 11) is 0. The SMILES string of the molecule is CC1=C(C)C(O)(c2ccccc2C2OC=CO2)C(C)C1C. The summed E-state index contributed by atoms with van der Waals surface area (Å²) in [4.78, 5) is 0. The molecule has 0 saturated heterocycles. The smallest absolute Gasteiger partial charge is 0.266 e. The predicted octanol–water partition coefficient (Wildman–Crippen LogP) is 4.01. The monoisotopic (exact) mass is 286 g/mol. The van der Waals surface area contributed by atoms with Gasteiger partial charge in [0, 0.05) is 5.56 Å². The van der Waals surface area contributed by atoms with Gasteiger partial charge in [-0.3, -0.25) is 0 Å². The van der Waals surface area contributed by atoms with Crippen molar-refractivity contribution in [1.29, 1.82) is 0 Å². The standard InChI is InChI=1S/C18H22O3/c1-11-12(2)14(4)18(19,13(11)3)16-8-6-5-7-15(16)17-20-9-10-21-17/h5-11,13,17,19H,1-4H3. The van der Waals surface area contributed by atoms with Crippen LogP contribution in [0.3, 0.4) is 0 Å². The van der Waals surface area contributed by atoms with Crippen LogP contribution in [0.5, 0.6) is 0 Å². The van der Waals surface area contributed by atoms with Gasteiger partial charge in [0.05, 0.1) is 0 Å². The molecule has 0 bridgehead atoms. The molecular weight excluding hydrogens is 264 g/mol. The number of ether oxygens (including phenoxy) is 2. The molecule has 0 radical (unpaired) electrons. The van der Waals surface area contributed by atoms with Crippen molar-refractivity contribution < 1.29 is 14.6 Å². The van der Waals surface area contributed by atoms with Gasteiger partial charge in [-0.1, -0.05) is 43.7 Å². The van der Waals surface area contributed by atoms with E-state index in [9.17, 15) is 5.11 Å². The molecule has 1 aliphatic carbocycles. The topological polar surface area (TPSA) is 38.7 Å². The Morgan fingerprint density at radius 3 is 2.24 bits per heavy atom. The Balaban J connectivity index is 2.12. The molecule has 21 heavy (non-hydrogen) atoms. The maximum absolute atomic E-state index is 11.5. The second-order valence-electron chi connectivity index (χ2n) is 6.12. The molecule has 3 atom stereocenters. The van der Waals surface area contributed by atoms with E-state index in [-0.39, 0.29) is 5.92 Å². The highest BCUT2D eigenvalue weighted by Gasteiger charge is 2.48. The van der Waals surface area contributed by atoms with Crippen molar-refractivity contribution in [2.24, 2.45) is 11.8 Å². The minimum atomic E-state index is -0.963. The Morgan fingerprint density at radius 2 is 1.67 bits per heavy atom. The highest BCUT2D eigenvalue weighted by Crippen LogP contribution is 2.51. The summed E-state index contributed by atoms with van der Waals surface area (Å²) in [5.41, 5.74) is 3.12. The quantitative estimate of drug-likeness (QED) is 0.835. The summed E-state index contributed by atoms with van der Waals surface area (Å²) >= 11 is 0. The van der Waals surface area contributed by atoms with Crippen LogP contribution in [-0.2, 0) is 15.1 Å². The molecule has 1 aromatic rings. The normalized spacial score (nSPS) is 32.4. The second kappa shape index (κ2) is 4.92. The number of hydrogen-bond donors (Lipinski definition) is 1. The molecule has 1 aliphatic heterocycles. The molecule has 1 heterocycles. The maximum Gasteiger partial charge on any atom is 0.266 e. The van der Waals surface area contributed by atoms with E-state index in [4.69, 9.17) is 9.47 Å². The fraction of sp³-hybridized carbons (Fsp3) is 0.444. The van der Waals surface area contributed by atoms with Crippen LogP contribution in [0.25, 0.3) is 0 Å². The molecule has 3 rings (SSSR count). The fourth-order valence-corrected chi connectivity index (χ4v) is 3.60. The lowest BCUT2D eigenvalue weighted by Crippen LogP contribution is -2.34. The van der Waals surface area contributed by atoms with Crippen LogP contribution >= 0.6 is 0 Å². The zero-order chi connectivity index (χ0) is 15.2. The molecule has 3 nitrogen and oxygen atoms in total. The van der Waals surface area contributed by atoms with Gasteiger partial charge in [-0.15, -0.1) is 0 Å². The van der Waals surface area contributed by atoms with Crippen LogP contribution in [0.1, 0.15) is 45.1 Å². The molecule has 3 heteroatoms. The molecule has 112 valence electrons. The molecule has 0 saturated carbocycles. The first-order valence-corrected chi connectivity index (χ1v) is 7.43. The van der Waals surface area contributed by atoms with Crippen molar-refractivity contribution in [2.45, 2.75) is 39.6 Å². The fourth-order valence-electron chi connectivity index (χ4n) is 3.60. The van der Waals surface area contributed by atoms with E-state index < -0.39 is 11.9 Å². The highest BCUT2D eigenvalue weighted by molar-refractivity contribution is 5.45. The van der Waals surface area contributed by atoms with Crippen LogP contribution < -0.4 is 0 Å². The third-order valence-corrected chi connectivity index (χ3v) is 5.34. The van der Waals surface area contributed by atoms with Crippen LogP contribution in [0, 0.1) is 11.8 Å². The molecule has 0 fully saturated rings. The van der Waals surface area contributed by atoms with Crippen molar-refractivity contribution in [3.63, 3.8) is 0 Å².